The van der Waals surface area contributed by atoms with Crippen LogP contribution in [-0.4, -0.2) is 9.97 Å². The van der Waals surface area contributed by atoms with Crippen LogP contribution < -0.4 is 5.32 Å². The summed E-state index contributed by atoms with van der Waals surface area (Å²) in [6.07, 6.45) is 1.71. The summed E-state index contributed by atoms with van der Waals surface area (Å²) >= 11 is 6.15. The minimum absolute atomic E-state index is 0.362. The molecule has 0 aliphatic heterocycles. The fourth-order valence-corrected chi connectivity index (χ4v) is 2.16. The lowest BCUT2D eigenvalue weighted by Gasteiger charge is -2.09. The highest BCUT2D eigenvalue weighted by molar-refractivity contribution is 6.35. The molecule has 1 aromatic carbocycles. The Kier molecular flexibility index (Phi) is 3.20. The summed E-state index contributed by atoms with van der Waals surface area (Å²) in [4.78, 5) is 8.52. The van der Waals surface area contributed by atoms with Gasteiger partial charge in [-0.05, 0) is 36.4 Å². The summed E-state index contributed by atoms with van der Waals surface area (Å²) < 4.78 is 0. The summed E-state index contributed by atoms with van der Waals surface area (Å²) in [5, 5.41) is 13.6. The van der Waals surface area contributed by atoms with Crippen molar-refractivity contribution in [2.75, 3.05) is 5.32 Å². The topological polar surface area (TPSA) is 61.6 Å². The maximum atomic E-state index is 8.87. The summed E-state index contributed by atoms with van der Waals surface area (Å²) in [7, 11) is 0. The van der Waals surface area contributed by atoms with E-state index in [1.165, 1.54) is 0 Å². The molecule has 0 bridgehead atoms. The zero-order valence-electron chi connectivity index (χ0n) is 10.3. The van der Waals surface area contributed by atoms with Gasteiger partial charge < -0.3 is 5.32 Å². The van der Waals surface area contributed by atoms with Crippen LogP contribution in [0, 0.1) is 11.3 Å². The zero-order chi connectivity index (χ0) is 13.9. The summed E-state index contributed by atoms with van der Waals surface area (Å²) in [5.74, 6) is 0.596. The summed E-state index contributed by atoms with van der Waals surface area (Å²) in [6, 6.07) is 14.6. The molecule has 0 aliphatic carbocycles. The van der Waals surface area contributed by atoms with Crippen molar-refractivity contribution in [3.63, 3.8) is 0 Å². The van der Waals surface area contributed by atoms with E-state index in [0.717, 1.165) is 16.6 Å². The average Bonchev–Trinajstić information content (AvgIpc) is 2.51. The van der Waals surface area contributed by atoms with Crippen molar-refractivity contribution in [1.29, 1.82) is 5.26 Å². The van der Waals surface area contributed by atoms with Crippen molar-refractivity contribution in [2.45, 2.75) is 0 Å². The number of pyridine rings is 2. The molecule has 0 spiro atoms. The number of hydrogen-bond acceptors (Lipinski definition) is 4. The van der Waals surface area contributed by atoms with Crippen molar-refractivity contribution in [1.82, 2.24) is 9.97 Å². The first-order chi connectivity index (χ1) is 9.78. The molecule has 4 nitrogen and oxygen atoms in total. The second-order valence-corrected chi connectivity index (χ2v) is 4.55. The number of anilines is 2. The standard InChI is InChI=1S/C15H9ClN4/c16-12-6-7-13(15-11(12)4-2-8-18-15)20-14-5-1-3-10(9-17)19-14/h1-8H,(H,19,20). The Morgan fingerprint density at radius 3 is 2.85 bits per heavy atom. The van der Waals surface area contributed by atoms with E-state index in [1.54, 1.807) is 24.4 Å². The Morgan fingerprint density at radius 1 is 1.10 bits per heavy atom. The Bertz CT molecular complexity index is 823. The minimum Gasteiger partial charge on any atom is -0.338 e. The molecule has 0 atom stereocenters. The Morgan fingerprint density at radius 2 is 2.00 bits per heavy atom. The number of halogens is 1. The Hall–Kier alpha value is -2.64. The molecule has 20 heavy (non-hydrogen) atoms. The molecule has 0 radical (unpaired) electrons. The molecule has 96 valence electrons. The van der Waals surface area contributed by atoms with Gasteiger partial charge in [0.05, 0.1) is 16.2 Å². The third kappa shape index (κ3) is 2.27. The van der Waals surface area contributed by atoms with Crippen molar-refractivity contribution < 1.29 is 0 Å². The van der Waals surface area contributed by atoms with E-state index in [-0.39, 0.29) is 0 Å². The van der Waals surface area contributed by atoms with Crippen molar-refractivity contribution >= 4 is 34.0 Å². The number of hydrogen-bond donors (Lipinski definition) is 1. The van der Waals surface area contributed by atoms with Gasteiger partial charge in [-0.25, -0.2) is 4.98 Å². The first-order valence-corrected chi connectivity index (χ1v) is 6.33. The van der Waals surface area contributed by atoms with E-state index in [9.17, 15) is 0 Å². The molecule has 2 heterocycles. The lowest BCUT2D eigenvalue weighted by molar-refractivity contribution is 1.25. The van der Waals surface area contributed by atoms with Crippen LogP contribution in [-0.2, 0) is 0 Å². The highest BCUT2D eigenvalue weighted by atomic mass is 35.5. The van der Waals surface area contributed by atoms with E-state index in [2.05, 4.69) is 15.3 Å². The largest absolute Gasteiger partial charge is 0.338 e. The molecule has 2 aromatic heterocycles. The van der Waals surface area contributed by atoms with E-state index in [0.29, 0.717) is 16.5 Å². The quantitative estimate of drug-likeness (QED) is 0.773. The third-order valence-corrected chi connectivity index (χ3v) is 3.17. The molecule has 0 saturated heterocycles. The smallest absolute Gasteiger partial charge is 0.142 e. The monoisotopic (exact) mass is 280 g/mol. The van der Waals surface area contributed by atoms with E-state index < -0.39 is 0 Å². The molecular weight excluding hydrogens is 272 g/mol. The van der Waals surface area contributed by atoms with Gasteiger partial charge in [0, 0.05) is 11.6 Å². The first kappa shape index (κ1) is 12.4. The summed E-state index contributed by atoms with van der Waals surface area (Å²) in [5.41, 5.74) is 1.93. The Balaban J connectivity index is 2.07. The van der Waals surface area contributed by atoms with Crippen LogP contribution in [0.5, 0.6) is 0 Å². The van der Waals surface area contributed by atoms with Gasteiger partial charge in [0.25, 0.3) is 0 Å². The maximum Gasteiger partial charge on any atom is 0.142 e. The molecule has 0 fully saturated rings. The molecule has 3 aromatic rings. The molecule has 0 unspecified atom stereocenters. The minimum atomic E-state index is 0.362. The highest BCUT2D eigenvalue weighted by Crippen LogP contribution is 2.29. The maximum absolute atomic E-state index is 8.87. The SMILES string of the molecule is N#Cc1cccc(Nc2ccc(Cl)c3cccnc23)n1. The first-order valence-electron chi connectivity index (χ1n) is 5.95. The molecule has 1 N–H and O–H groups in total. The van der Waals surface area contributed by atoms with Crippen molar-refractivity contribution in [3.05, 3.63) is 59.4 Å². The van der Waals surface area contributed by atoms with Crippen molar-refractivity contribution in [2.24, 2.45) is 0 Å². The molecule has 3 rings (SSSR count). The normalized spacial score (nSPS) is 10.2. The molecule has 0 saturated carbocycles. The predicted molar refractivity (Wildman–Crippen MR) is 79.0 cm³/mol. The predicted octanol–water partition coefficient (Wildman–Crippen LogP) is 3.90. The van der Waals surface area contributed by atoms with E-state index in [1.807, 2.05) is 30.3 Å². The van der Waals surface area contributed by atoms with Gasteiger partial charge in [-0.3, -0.25) is 4.98 Å². The van der Waals surface area contributed by atoms with E-state index in [4.69, 9.17) is 16.9 Å². The van der Waals surface area contributed by atoms with Crippen LogP contribution in [0.15, 0.2) is 48.7 Å². The van der Waals surface area contributed by atoms with Crippen LogP contribution in [0.1, 0.15) is 5.69 Å². The van der Waals surface area contributed by atoms with Crippen LogP contribution >= 0.6 is 11.6 Å². The fraction of sp³-hybridized carbons (Fsp3) is 0. The van der Waals surface area contributed by atoms with Crippen LogP contribution in [0.4, 0.5) is 11.5 Å². The van der Waals surface area contributed by atoms with Gasteiger partial charge >= 0.3 is 0 Å². The number of fused-ring (bicyclic) bond motifs is 1. The fourth-order valence-electron chi connectivity index (χ4n) is 1.94. The number of rotatable bonds is 2. The highest BCUT2D eigenvalue weighted by Gasteiger charge is 2.06. The van der Waals surface area contributed by atoms with Crippen LogP contribution in [0.25, 0.3) is 10.9 Å². The Labute approximate surface area is 120 Å². The van der Waals surface area contributed by atoms with Crippen molar-refractivity contribution in [3.8, 4) is 6.07 Å². The number of nitriles is 1. The molecule has 0 aliphatic rings. The van der Waals surface area contributed by atoms with E-state index >= 15 is 0 Å². The van der Waals surface area contributed by atoms with Crippen LogP contribution in [0.2, 0.25) is 5.02 Å². The van der Waals surface area contributed by atoms with Gasteiger partial charge in [-0.1, -0.05) is 17.7 Å². The number of nitrogens with zero attached hydrogens (tertiary/aromatic N) is 3. The lowest BCUT2D eigenvalue weighted by Crippen LogP contribution is -1.96. The summed E-state index contributed by atoms with van der Waals surface area (Å²) in [6.45, 7) is 0. The number of nitrogens with one attached hydrogen (secondary N) is 1. The van der Waals surface area contributed by atoms with Crippen LogP contribution in [0.3, 0.4) is 0 Å². The molecule has 0 amide bonds. The zero-order valence-corrected chi connectivity index (χ0v) is 11.1. The molecule has 5 heteroatoms. The van der Waals surface area contributed by atoms with Gasteiger partial charge in [0.2, 0.25) is 0 Å². The second kappa shape index (κ2) is 5.16. The van der Waals surface area contributed by atoms with Gasteiger partial charge in [0.1, 0.15) is 17.6 Å². The number of aromatic nitrogens is 2. The van der Waals surface area contributed by atoms with Gasteiger partial charge in [0.15, 0.2) is 0 Å². The van der Waals surface area contributed by atoms with Gasteiger partial charge in [-0.15, -0.1) is 0 Å². The second-order valence-electron chi connectivity index (χ2n) is 4.14. The third-order valence-electron chi connectivity index (χ3n) is 2.84. The average molecular weight is 281 g/mol. The van der Waals surface area contributed by atoms with Gasteiger partial charge in [-0.2, -0.15) is 5.26 Å². The number of benzene rings is 1. The molecular formula is C15H9ClN4. The lowest BCUT2D eigenvalue weighted by atomic mass is 10.2.